The van der Waals surface area contributed by atoms with Crippen LogP contribution in [0.2, 0.25) is 0 Å². The summed E-state index contributed by atoms with van der Waals surface area (Å²) in [7, 11) is 4.14. The maximum absolute atomic E-state index is 12.9. The molecule has 0 radical (unpaired) electrons. The van der Waals surface area contributed by atoms with Gasteiger partial charge in [0.2, 0.25) is 11.8 Å². The van der Waals surface area contributed by atoms with Crippen LogP contribution in [-0.2, 0) is 19.1 Å². The van der Waals surface area contributed by atoms with E-state index in [1.54, 1.807) is 18.2 Å². The highest BCUT2D eigenvalue weighted by Crippen LogP contribution is 2.51. The van der Waals surface area contributed by atoms with Gasteiger partial charge in [-0.05, 0) is 6.07 Å². The number of esters is 1. The molecule has 0 aliphatic carbocycles. The molecule has 1 aromatic rings. The molecule has 2 heterocycles. The average Bonchev–Trinajstić information content (AvgIpc) is 3.08. The molecule has 31 heavy (non-hydrogen) atoms. The highest BCUT2D eigenvalue weighted by Gasteiger charge is 2.48. The van der Waals surface area contributed by atoms with Crippen LogP contribution >= 0.6 is 11.8 Å². The summed E-state index contributed by atoms with van der Waals surface area (Å²) in [4.78, 5) is 38.3. The molecule has 0 spiro atoms. The zero-order valence-electron chi connectivity index (χ0n) is 17.0. The summed E-state index contributed by atoms with van der Waals surface area (Å²) >= 11 is 0.984. The molecular formula is C20H20N4O6S. The Morgan fingerprint density at radius 3 is 2.52 bits per heavy atom. The van der Waals surface area contributed by atoms with Gasteiger partial charge in [-0.2, -0.15) is 5.26 Å². The lowest BCUT2D eigenvalue weighted by Gasteiger charge is -2.32. The maximum Gasteiger partial charge on any atom is 0.307 e. The molecule has 2 aliphatic rings. The number of allylic oxidation sites excluding steroid dienone is 1. The van der Waals surface area contributed by atoms with Gasteiger partial charge in [-0.3, -0.25) is 19.3 Å². The van der Waals surface area contributed by atoms with Gasteiger partial charge >= 0.3 is 5.97 Å². The van der Waals surface area contributed by atoms with Crippen LogP contribution in [0.1, 0.15) is 17.9 Å². The van der Waals surface area contributed by atoms with Crippen LogP contribution in [0.5, 0.6) is 11.5 Å². The van der Waals surface area contributed by atoms with Gasteiger partial charge in [0.25, 0.3) is 0 Å². The van der Waals surface area contributed by atoms with Crippen molar-refractivity contribution in [1.82, 2.24) is 4.90 Å². The lowest BCUT2D eigenvalue weighted by Crippen LogP contribution is -2.39. The summed E-state index contributed by atoms with van der Waals surface area (Å²) in [5, 5.41) is 9.18. The number of benzene rings is 1. The molecule has 162 valence electrons. The summed E-state index contributed by atoms with van der Waals surface area (Å²) in [5.74, 6) is -2.20. The molecular weight excluding hydrogens is 424 g/mol. The molecule has 4 N–H and O–H groups in total. The Morgan fingerprint density at radius 1 is 1.26 bits per heavy atom. The van der Waals surface area contributed by atoms with Gasteiger partial charge < -0.3 is 25.7 Å². The standard InChI is InChI=1S/C20H20N4O6S/c1-28-9-4-5-10(12(6-9)29-2)15-11(8-21)17(22)24-19(27)13(7-14(25)30-3)31-20(24)16(15)18(23)26/h4-6,13,15H,7,22H2,1-3H3,(H2,23,26)/t13-,15+/m1/s1. The number of thioether (sulfide) groups is 1. The number of carbonyl (C=O) groups is 3. The van der Waals surface area contributed by atoms with E-state index in [4.69, 9.17) is 20.9 Å². The van der Waals surface area contributed by atoms with Gasteiger partial charge in [0, 0.05) is 11.6 Å². The molecule has 0 saturated carbocycles. The van der Waals surface area contributed by atoms with Crippen LogP contribution < -0.4 is 20.9 Å². The third-order valence-electron chi connectivity index (χ3n) is 4.99. The minimum Gasteiger partial charge on any atom is -0.497 e. The fourth-order valence-electron chi connectivity index (χ4n) is 3.53. The Balaban J connectivity index is 2.23. The quantitative estimate of drug-likeness (QED) is 0.602. The molecule has 1 fully saturated rings. The number of hydrogen-bond donors (Lipinski definition) is 2. The minimum atomic E-state index is -0.966. The summed E-state index contributed by atoms with van der Waals surface area (Å²) in [6.45, 7) is 0. The van der Waals surface area contributed by atoms with Crippen LogP contribution in [-0.4, -0.2) is 49.3 Å². The summed E-state index contributed by atoms with van der Waals surface area (Å²) in [6.07, 6.45) is -0.224. The van der Waals surface area contributed by atoms with Gasteiger partial charge in [0.1, 0.15) is 22.6 Å². The van der Waals surface area contributed by atoms with Crippen molar-refractivity contribution in [3.05, 3.63) is 45.8 Å². The Hall–Kier alpha value is -3.65. The normalized spacial score (nSPS) is 20.3. The molecule has 0 unspecified atom stereocenters. The molecule has 2 amide bonds. The number of primary amides is 1. The first-order valence-electron chi connectivity index (χ1n) is 9.02. The van der Waals surface area contributed by atoms with Crippen LogP contribution in [0.4, 0.5) is 0 Å². The zero-order chi connectivity index (χ0) is 22.9. The second kappa shape index (κ2) is 8.61. The van der Waals surface area contributed by atoms with E-state index in [2.05, 4.69) is 4.74 Å². The number of rotatable bonds is 6. The Morgan fingerprint density at radius 2 is 1.97 bits per heavy atom. The number of nitrogens with two attached hydrogens (primary N) is 2. The molecule has 2 aliphatic heterocycles. The van der Waals surface area contributed by atoms with Gasteiger partial charge in [-0.25, -0.2) is 0 Å². The smallest absolute Gasteiger partial charge is 0.307 e. The van der Waals surface area contributed by atoms with E-state index in [1.807, 2.05) is 6.07 Å². The third kappa shape index (κ3) is 3.66. The maximum atomic E-state index is 12.9. The van der Waals surface area contributed by atoms with Crippen molar-refractivity contribution in [3.8, 4) is 17.6 Å². The Kier molecular flexibility index (Phi) is 6.12. The zero-order valence-corrected chi connectivity index (χ0v) is 17.8. The Labute approximate surface area is 182 Å². The molecule has 3 rings (SSSR count). The second-order valence-electron chi connectivity index (χ2n) is 6.60. The van der Waals surface area contributed by atoms with Crippen LogP contribution in [0.3, 0.4) is 0 Å². The van der Waals surface area contributed by atoms with E-state index in [-0.39, 0.29) is 28.4 Å². The average molecular weight is 444 g/mol. The fourth-order valence-corrected chi connectivity index (χ4v) is 4.87. The molecule has 10 nitrogen and oxygen atoms in total. The molecule has 0 aromatic heterocycles. The number of fused-ring (bicyclic) bond motifs is 1. The number of nitriles is 1. The van der Waals surface area contributed by atoms with Crippen molar-refractivity contribution < 1.29 is 28.6 Å². The molecule has 1 saturated heterocycles. The first-order valence-corrected chi connectivity index (χ1v) is 9.90. The van der Waals surface area contributed by atoms with Crippen molar-refractivity contribution >= 4 is 29.5 Å². The third-order valence-corrected chi connectivity index (χ3v) is 6.27. The van der Waals surface area contributed by atoms with E-state index < -0.39 is 29.0 Å². The van der Waals surface area contributed by atoms with Crippen molar-refractivity contribution in [2.75, 3.05) is 21.3 Å². The van der Waals surface area contributed by atoms with E-state index in [9.17, 15) is 19.6 Å². The van der Waals surface area contributed by atoms with Crippen molar-refractivity contribution in [1.29, 1.82) is 5.26 Å². The number of amides is 2. The van der Waals surface area contributed by atoms with E-state index >= 15 is 0 Å². The molecule has 11 heteroatoms. The van der Waals surface area contributed by atoms with E-state index in [0.29, 0.717) is 17.1 Å². The largest absolute Gasteiger partial charge is 0.497 e. The Bertz CT molecular complexity index is 1070. The second-order valence-corrected chi connectivity index (χ2v) is 7.79. The number of ether oxygens (including phenoxy) is 3. The van der Waals surface area contributed by atoms with Gasteiger partial charge in [0.05, 0.1) is 55.9 Å². The highest BCUT2D eigenvalue weighted by atomic mass is 32.2. The van der Waals surface area contributed by atoms with Crippen LogP contribution in [0.25, 0.3) is 0 Å². The molecule has 0 bridgehead atoms. The van der Waals surface area contributed by atoms with Crippen molar-refractivity contribution in [3.63, 3.8) is 0 Å². The monoisotopic (exact) mass is 444 g/mol. The van der Waals surface area contributed by atoms with Gasteiger partial charge in [-0.15, -0.1) is 0 Å². The SMILES string of the molecule is COC(=O)C[C@H]1SC2=C(C(N)=O)[C@@H](c3ccc(OC)cc3OC)C(C#N)=C(N)N2C1=O. The predicted molar refractivity (Wildman–Crippen MR) is 110 cm³/mol. The van der Waals surface area contributed by atoms with E-state index in [0.717, 1.165) is 16.7 Å². The van der Waals surface area contributed by atoms with Crippen LogP contribution in [0, 0.1) is 11.3 Å². The highest BCUT2D eigenvalue weighted by molar-refractivity contribution is 8.04. The van der Waals surface area contributed by atoms with Gasteiger partial charge in [0.15, 0.2) is 0 Å². The molecule has 1 aromatic carbocycles. The lowest BCUT2D eigenvalue weighted by molar-refractivity contribution is -0.142. The summed E-state index contributed by atoms with van der Waals surface area (Å²) in [6, 6.07) is 6.88. The lowest BCUT2D eigenvalue weighted by atomic mass is 9.82. The summed E-state index contributed by atoms with van der Waals surface area (Å²) < 4.78 is 15.3. The minimum absolute atomic E-state index is 0.0138. The predicted octanol–water partition coefficient (Wildman–Crippen LogP) is 0.699. The van der Waals surface area contributed by atoms with Crippen molar-refractivity contribution in [2.24, 2.45) is 11.5 Å². The van der Waals surface area contributed by atoms with Crippen LogP contribution in [0.15, 0.2) is 40.2 Å². The number of methoxy groups -OCH3 is 3. The first-order chi connectivity index (χ1) is 14.8. The number of hydrogen-bond acceptors (Lipinski definition) is 9. The van der Waals surface area contributed by atoms with Crippen molar-refractivity contribution in [2.45, 2.75) is 17.6 Å². The summed E-state index contributed by atoms with van der Waals surface area (Å²) in [5.41, 5.74) is 12.3. The van der Waals surface area contributed by atoms with E-state index in [1.165, 1.54) is 21.3 Å². The molecule has 2 atom stereocenters. The topological polar surface area (TPSA) is 158 Å². The van der Waals surface area contributed by atoms with Gasteiger partial charge in [-0.1, -0.05) is 17.8 Å². The number of nitrogens with zero attached hydrogens (tertiary/aromatic N) is 2. The fraction of sp³-hybridized carbons (Fsp3) is 0.300. The first kappa shape index (κ1) is 22.0. The number of carbonyl (C=O) groups excluding carboxylic acids is 3.